The molecule has 7 aromatic carbocycles. The Morgan fingerprint density at radius 3 is 2.15 bits per heavy atom. The lowest BCUT2D eigenvalue weighted by atomic mass is 9.78. The normalized spacial score (nSPS) is 18.5. The Kier molecular flexibility index (Phi) is 8.62. The van der Waals surface area contributed by atoms with Crippen LogP contribution in [0.5, 0.6) is 0 Å². The quantitative estimate of drug-likeness (QED) is 0.135. The zero-order valence-corrected chi connectivity index (χ0v) is 32.7. The van der Waals surface area contributed by atoms with Crippen molar-refractivity contribution < 1.29 is 0 Å². The van der Waals surface area contributed by atoms with Gasteiger partial charge in [-0.15, -0.1) is 12.6 Å². The average Bonchev–Trinajstić information content (AvgIpc) is 3.56. The number of allylic oxidation sites excluding steroid dienone is 12. The van der Waals surface area contributed by atoms with E-state index in [0.29, 0.717) is 5.92 Å². The van der Waals surface area contributed by atoms with E-state index in [0.717, 1.165) is 11.3 Å². The first-order valence-corrected chi connectivity index (χ1v) is 20.5. The maximum absolute atomic E-state index is 5.18. The van der Waals surface area contributed by atoms with Gasteiger partial charge in [-0.1, -0.05) is 183 Å². The van der Waals surface area contributed by atoms with E-state index in [9.17, 15) is 0 Å². The molecule has 7 aromatic rings. The van der Waals surface area contributed by atoms with Gasteiger partial charge in [-0.25, -0.2) is 0 Å². The second kappa shape index (κ2) is 13.9. The number of fused-ring (bicyclic) bond motifs is 6. The summed E-state index contributed by atoms with van der Waals surface area (Å²) in [6, 6.07) is 46.9. The molecular formula is C53H40S2. The van der Waals surface area contributed by atoms with Gasteiger partial charge in [-0.3, -0.25) is 0 Å². The van der Waals surface area contributed by atoms with Crippen LogP contribution in [-0.4, -0.2) is 0 Å². The summed E-state index contributed by atoms with van der Waals surface area (Å²) < 4.78 is 0. The molecule has 10 rings (SSSR count). The Labute approximate surface area is 333 Å². The predicted octanol–water partition coefficient (Wildman–Crippen LogP) is 15.4. The predicted molar refractivity (Wildman–Crippen MR) is 242 cm³/mol. The Morgan fingerprint density at radius 1 is 0.709 bits per heavy atom. The molecule has 3 aliphatic rings. The van der Waals surface area contributed by atoms with Gasteiger partial charge in [0.2, 0.25) is 0 Å². The number of hydrogen-bond donors (Lipinski definition) is 1. The molecule has 0 radical (unpaired) electrons. The molecule has 0 saturated carbocycles. The minimum Gasteiger partial charge on any atom is -0.142 e. The zero-order valence-electron chi connectivity index (χ0n) is 31.0. The van der Waals surface area contributed by atoms with Crippen LogP contribution in [0, 0.1) is 5.92 Å². The van der Waals surface area contributed by atoms with Crippen LogP contribution in [0.15, 0.2) is 196 Å². The summed E-state index contributed by atoms with van der Waals surface area (Å²) in [4.78, 5) is 3.74. The molecule has 0 aromatic heterocycles. The van der Waals surface area contributed by atoms with Gasteiger partial charge in [0, 0.05) is 27.0 Å². The minimum absolute atomic E-state index is 0.288. The standard InChI is InChI=1S/C53H40S2/c1-3-34(32-48-33(2)42-28-26-37-27-29-43(36-15-5-4-6-16-36)52(54)51(37)53(42)55-48)38-18-13-19-40(30-38)49-44-20-9-11-22-46(44)50(47-23-12-10-21-45(47)49)41-25-24-35-14-7-8-17-39(35)31-41/h3-30,32-33,39,54H,31H2,1-2H3/b34-3+,48-32+. The third-order valence-electron chi connectivity index (χ3n) is 11.8. The van der Waals surface area contributed by atoms with Gasteiger partial charge >= 0.3 is 0 Å². The van der Waals surface area contributed by atoms with E-state index >= 15 is 0 Å². The molecule has 2 unspecified atom stereocenters. The first-order chi connectivity index (χ1) is 27.1. The lowest BCUT2D eigenvalue weighted by Gasteiger charge is -2.25. The van der Waals surface area contributed by atoms with Crippen molar-refractivity contribution in [2.75, 3.05) is 0 Å². The second-order valence-electron chi connectivity index (χ2n) is 14.9. The first-order valence-electron chi connectivity index (χ1n) is 19.3. The van der Waals surface area contributed by atoms with Crippen LogP contribution in [0.4, 0.5) is 0 Å². The third-order valence-corrected chi connectivity index (χ3v) is 13.6. The highest BCUT2D eigenvalue weighted by atomic mass is 32.2. The van der Waals surface area contributed by atoms with Crippen molar-refractivity contribution in [3.8, 4) is 22.3 Å². The highest BCUT2D eigenvalue weighted by Crippen LogP contribution is 2.54. The van der Waals surface area contributed by atoms with Crippen molar-refractivity contribution in [3.05, 3.63) is 203 Å². The number of rotatable bonds is 5. The molecule has 1 aliphatic heterocycles. The Balaban J connectivity index is 1.06. The molecule has 0 fully saturated rings. The molecule has 0 spiro atoms. The fourth-order valence-corrected chi connectivity index (χ4v) is 10.9. The van der Waals surface area contributed by atoms with E-state index in [1.807, 2.05) is 11.8 Å². The van der Waals surface area contributed by atoms with Crippen molar-refractivity contribution in [2.24, 2.45) is 5.92 Å². The Morgan fingerprint density at radius 2 is 1.40 bits per heavy atom. The smallest absolute Gasteiger partial charge is 0.0247 e. The van der Waals surface area contributed by atoms with Gasteiger partial charge in [-0.05, 0) is 113 Å². The third kappa shape index (κ3) is 5.79. The number of benzene rings is 7. The Bertz CT molecular complexity index is 2840. The molecule has 264 valence electrons. The van der Waals surface area contributed by atoms with Crippen molar-refractivity contribution in [1.82, 2.24) is 0 Å². The fraction of sp³-hybridized carbons (Fsp3) is 0.0943. The summed E-state index contributed by atoms with van der Waals surface area (Å²) in [5.74, 6) is 0.711. The van der Waals surface area contributed by atoms with E-state index in [4.69, 9.17) is 12.6 Å². The maximum Gasteiger partial charge on any atom is 0.0247 e. The topological polar surface area (TPSA) is 0 Å². The summed E-state index contributed by atoms with van der Waals surface area (Å²) in [5, 5.41) is 7.70. The van der Waals surface area contributed by atoms with E-state index in [1.165, 1.54) is 97.8 Å². The van der Waals surface area contributed by atoms with Gasteiger partial charge in [0.1, 0.15) is 0 Å². The lowest BCUT2D eigenvalue weighted by molar-refractivity contribution is 0.794. The summed E-state index contributed by atoms with van der Waals surface area (Å²) in [6.07, 6.45) is 19.3. The summed E-state index contributed by atoms with van der Waals surface area (Å²) >= 11 is 7.09. The van der Waals surface area contributed by atoms with E-state index < -0.39 is 0 Å². The van der Waals surface area contributed by atoms with Gasteiger partial charge in [0.25, 0.3) is 0 Å². The van der Waals surface area contributed by atoms with Crippen LogP contribution in [-0.2, 0) is 0 Å². The fourth-order valence-electron chi connectivity index (χ4n) is 8.98. The highest BCUT2D eigenvalue weighted by Gasteiger charge is 2.28. The lowest BCUT2D eigenvalue weighted by Crippen LogP contribution is -2.07. The van der Waals surface area contributed by atoms with Crippen molar-refractivity contribution >= 4 is 67.9 Å². The van der Waals surface area contributed by atoms with E-state index in [-0.39, 0.29) is 5.92 Å². The van der Waals surface area contributed by atoms with Crippen LogP contribution < -0.4 is 0 Å². The Hall–Kier alpha value is -5.54. The van der Waals surface area contributed by atoms with Gasteiger partial charge < -0.3 is 0 Å². The molecule has 0 nitrogen and oxygen atoms in total. The van der Waals surface area contributed by atoms with Crippen LogP contribution in [0.25, 0.3) is 65.7 Å². The van der Waals surface area contributed by atoms with Crippen LogP contribution >= 0.6 is 24.4 Å². The molecule has 0 saturated heterocycles. The summed E-state index contributed by atoms with van der Waals surface area (Å²) in [5.41, 5.74) is 12.9. The number of thioether (sulfide) groups is 1. The summed E-state index contributed by atoms with van der Waals surface area (Å²) in [6.45, 7) is 4.51. The van der Waals surface area contributed by atoms with Crippen molar-refractivity contribution in [1.29, 1.82) is 0 Å². The van der Waals surface area contributed by atoms with Crippen LogP contribution in [0.1, 0.15) is 42.9 Å². The molecule has 2 atom stereocenters. The largest absolute Gasteiger partial charge is 0.142 e. The van der Waals surface area contributed by atoms with Gasteiger partial charge in [0.05, 0.1) is 0 Å². The van der Waals surface area contributed by atoms with Gasteiger partial charge in [0.15, 0.2) is 0 Å². The molecular weight excluding hydrogens is 701 g/mol. The molecule has 1 heterocycles. The van der Waals surface area contributed by atoms with E-state index in [1.54, 1.807) is 0 Å². The summed E-state index contributed by atoms with van der Waals surface area (Å²) in [7, 11) is 0. The SMILES string of the molecule is C/C=C(\C=C1\Sc2c(ccc3ccc(-c4ccccc4)c(S)c23)C1C)c1cccc(-c2c3ccccc3c(C3=CC=C4C=CC=CC4C3)c3ccccc23)c1. The highest BCUT2D eigenvalue weighted by molar-refractivity contribution is 8.03. The zero-order chi connectivity index (χ0) is 37.0. The van der Waals surface area contributed by atoms with Crippen LogP contribution in [0.3, 0.4) is 0 Å². The molecule has 55 heavy (non-hydrogen) atoms. The van der Waals surface area contributed by atoms with Gasteiger partial charge in [-0.2, -0.15) is 0 Å². The maximum atomic E-state index is 5.18. The molecule has 2 aliphatic carbocycles. The average molecular weight is 741 g/mol. The van der Waals surface area contributed by atoms with Crippen molar-refractivity contribution in [3.63, 3.8) is 0 Å². The van der Waals surface area contributed by atoms with E-state index in [2.05, 4.69) is 190 Å². The monoisotopic (exact) mass is 740 g/mol. The molecule has 2 heteroatoms. The molecule has 0 amide bonds. The number of hydrogen-bond acceptors (Lipinski definition) is 2. The van der Waals surface area contributed by atoms with Crippen molar-refractivity contribution in [2.45, 2.75) is 36.0 Å². The van der Waals surface area contributed by atoms with Crippen LogP contribution in [0.2, 0.25) is 0 Å². The minimum atomic E-state index is 0.288. The second-order valence-corrected chi connectivity index (χ2v) is 16.4. The first kappa shape index (κ1) is 34.0. The number of thiol groups is 1. The molecule has 0 N–H and O–H groups in total. The molecule has 0 bridgehead atoms.